The van der Waals surface area contributed by atoms with Crippen LogP contribution in [0.2, 0.25) is 11.6 Å². The number of benzene rings is 2. The Morgan fingerprint density at radius 1 is 1.00 bits per heavy atom. The van der Waals surface area contributed by atoms with Gasteiger partial charge in [0.1, 0.15) is 15.7 Å². The monoisotopic (exact) mass is 412 g/mol. The van der Waals surface area contributed by atoms with Gasteiger partial charge < -0.3 is 0 Å². The molecule has 1 saturated carbocycles. The lowest BCUT2D eigenvalue weighted by molar-refractivity contribution is 0.501. The van der Waals surface area contributed by atoms with Crippen molar-refractivity contribution in [1.29, 1.82) is 0 Å². The normalized spacial score (nSPS) is 21.1. The average Bonchev–Trinajstić information content (AvgIpc) is 2.56. The highest BCUT2D eigenvalue weighted by Gasteiger charge is 2.28. The molecule has 1 aliphatic rings. The van der Waals surface area contributed by atoms with Crippen molar-refractivity contribution >= 4 is 53.6 Å². The summed E-state index contributed by atoms with van der Waals surface area (Å²) in [5.74, 6) is 1.79. The Hall–Kier alpha value is -0.635. The molecule has 0 radical (unpaired) electrons. The Bertz CT molecular complexity index is 678. The van der Waals surface area contributed by atoms with E-state index >= 15 is 0 Å². The third-order valence-corrected chi connectivity index (χ3v) is 7.21. The lowest BCUT2D eigenvalue weighted by Gasteiger charge is -2.28. The Labute approximate surface area is 156 Å². The number of hydrogen-bond donors (Lipinski definition) is 0. The van der Waals surface area contributed by atoms with Crippen LogP contribution in [0.25, 0.3) is 11.1 Å². The molecule has 0 aliphatic heterocycles. The van der Waals surface area contributed by atoms with Crippen LogP contribution in [0.3, 0.4) is 0 Å². The molecule has 1 aliphatic carbocycles. The lowest BCUT2D eigenvalue weighted by atomic mass is 9.52. The van der Waals surface area contributed by atoms with E-state index in [1.165, 1.54) is 53.3 Å². The molecule has 0 saturated heterocycles. The number of rotatable bonds is 3. The zero-order valence-corrected chi connectivity index (χ0v) is 16.6. The summed E-state index contributed by atoms with van der Waals surface area (Å²) in [5, 5.41) is 0. The second kappa shape index (κ2) is 7.50. The fourth-order valence-electron chi connectivity index (χ4n) is 3.89. The second-order valence-corrected chi connectivity index (χ2v) is 8.65. The Morgan fingerprint density at radius 3 is 2.35 bits per heavy atom. The van der Waals surface area contributed by atoms with E-state index in [9.17, 15) is 0 Å². The summed E-state index contributed by atoms with van der Waals surface area (Å²) in [7, 11) is 4.60. The molecule has 0 unspecified atom stereocenters. The van der Waals surface area contributed by atoms with E-state index in [1.807, 2.05) is 0 Å². The minimum atomic E-state index is 0.657. The van der Waals surface area contributed by atoms with Crippen LogP contribution >= 0.6 is 22.4 Å². The smallest absolute Gasteiger partial charge is 0.143 e. The van der Waals surface area contributed by atoms with Crippen LogP contribution in [0.1, 0.15) is 31.2 Å². The van der Waals surface area contributed by atoms with E-state index < -0.39 is 0 Å². The summed E-state index contributed by atoms with van der Waals surface area (Å²) in [6.07, 6.45) is 5.61. The first-order valence-corrected chi connectivity index (χ1v) is 10.1. The largest absolute Gasteiger partial charge is 0.253 e. The van der Waals surface area contributed by atoms with Gasteiger partial charge in [-0.1, -0.05) is 84.9 Å². The third kappa shape index (κ3) is 3.89. The van der Waals surface area contributed by atoms with Gasteiger partial charge in [0.05, 0.1) is 0 Å². The summed E-state index contributed by atoms with van der Waals surface area (Å²) < 4.78 is 0.657. The fourth-order valence-corrected chi connectivity index (χ4v) is 4.99. The molecule has 23 heavy (non-hydrogen) atoms. The lowest BCUT2D eigenvalue weighted by Crippen LogP contribution is -2.31. The molecule has 2 aromatic rings. The maximum atomic E-state index is 2.68. The number of hydrogen-bond acceptors (Lipinski definition) is 0. The van der Waals surface area contributed by atoms with Gasteiger partial charge in [-0.05, 0) is 29.4 Å². The summed E-state index contributed by atoms with van der Waals surface area (Å²) in [5.41, 5.74) is 7.03. The molecule has 0 aromatic heterocycles. The topological polar surface area (TPSA) is 0 Å². The number of halogens is 1. The van der Waals surface area contributed by atoms with Gasteiger partial charge in [0.2, 0.25) is 0 Å². The molecule has 116 valence electrons. The van der Waals surface area contributed by atoms with Gasteiger partial charge in [-0.15, -0.1) is 22.4 Å². The zero-order valence-electron chi connectivity index (χ0n) is 14.5. The van der Waals surface area contributed by atoms with E-state index in [2.05, 4.69) is 87.5 Å². The van der Waals surface area contributed by atoms with Crippen LogP contribution in [-0.4, -0.2) is 20.3 Å². The Balaban J connectivity index is 1.83. The molecule has 1 fully saturated rings. The SMILES string of the molecule is Bc1ccccc1-c1ccc(B(I)C2CCC(B)CC2)cc1C. The molecule has 0 spiro atoms. The van der Waals surface area contributed by atoms with Gasteiger partial charge in [0.25, 0.3) is 4.57 Å². The molecule has 4 heteroatoms. The first-order chi connectivity index (χ1) is 11.1. The Kier molecular flexibility index (Phi) is 5.61. The average molecular weight is 412 g/mol. The van der Waals surface area contributed by atoms with E-state index in [0.717, 1.165) is 11.6 Å². The van der Waals surface area contributed by atoms with Crippen molar-refractivity contribution in [2.24, 2.45) is 0 Å². The third-order valence-electron chi connectivity index (χ3n) is 5.48. The maximum Gasteiger partial charge on any atom is 0.253 e. The second-order valence-electron chi connectivity index (χ2n) is 7.31. The quantitative estimate of drug-likeness (QED) is 0.538. The molecule has 0 N–H and O–H groups in total. The molecule has 0 nitrogen and oxygen atoms in total. The van der Waals surface area contributed by atoms with Gasteiger partial charge in [0.15, 0.2) is 0 Å². The Morgan fingerprint density at radius 2 is 1.70 bits per heavy atom. The van der Waals surface area contributed by atoms with Crippen LogP contribution in [0.5, 0.6) is 0 Å². The van der Waals surface area contributed by atoms with Gasteiger partial charge in [-0.3, -0.25) is 0 Å². The molecule has 0 heterocycles. The summed E-state index contributed by atoms with van der Waals surface area (Å²) in [4.78, 5) is 0. The minimum absolute atomic E-state index is 0.657. The van der Waals surface area contributed by atoms with Crippen molar-refractivity contribution in [1.82, 2.24) is 0 Å². The molecular weight excluding hydrogens is 388 g/mol. The molecule has 0 atom stereocenters. The number of aryl methyl sites for hydroxylation is 1. The van der Waals surface area contributed by atoms with Crippen LogP contribution in [0.15, 0.2) is 42.5 Å². The van der Waals surface area contributed by atoms with Crippen LogP contribution in [0.4, 0.5) is 0 Å². The minimum Gasteiger partial charge on any atom is -0.143 e. The van der Waals surface area contributed by atoms with Crippen molar-refractivity contribution < 1.29 is 0 Å². The first kappa shape index (κ1) is 17.2. The molecule has 3 rings (SSSR count). The van der Waals surface area contributed by atoms with Crippen molar-refractivity contribution in [3.05, 3.63) is 48.0 Å². The van der Waals surface area contributed by atoms with Crippen molar-refractivity contribution in [2.75, 3.05) is 0 Å². The predicted molar refractivity (Wildman–Crippen MR) is 119 cm³/mol. The maximum absolute atomic E-state index is 2.68. The van der Waals surface area contributed by atoms with E-state index in [0.29, 0.717) is 4.57 Å². The van der Waals surface area contributed by atoms with E-state index in [4.69, 9.17) is 0 Å². The highest BCUT2D eigenvalue weighted by Crippen LogP contribution is 2.38. The van der Waals surface area contributed by atoms with E-state index in [-0.39, 0.29) is 0 Å². The van der Waals surface area contributed by atoms with Crippen LogP contribution < -0.4 is 10.9 Å². The summed E-state index contributed by atoms with van der Waals surface area (Å²) in [6, 6.07) is 15.8. The standard InChI is InChI=1S/C19H24B3I/c1-13-12-16(22(23)15-8-6-14(20)7-9-15)10-11-17(13)18-4-2-3-5-19(18)21/h2-5,10-12,14-15H,6-9,20-21H2,1H3. The van der Waals surface area contributed by atoms with Crippen molar-refractivity contribution in [2.45, 2.75) is 44.2 Å². The molecular formula is C19H24B3I. The summed E-state index contributed by atoms with van der Waals surface area (Å²) >= 11 is 2.68. The van der Waals surface area contributed by atoms with Gasteiger partial charge in [0, 0.05) is 0 Å². The highest BCUT2D eigenvalue weighted by atomic mass is 127. The van der Waals surface area contributed by atoms with Gasteiger partial charge in [-0.25, -0.2) is 0 Å². The molecule has 0 bridgehead atoms. The fraction of sp³-hybridized carbons (Fsp3) is 0.368. The van der Waals surface area contributed by atoms with Crippen molar-refractivity contribution in [3.63, 3.8) is 0 Å². The van der Waals surface area contributed by atoms with Gasteiger partial charge >= 0.3 is 0 Å². The van der Waals surface area contributed by atoms with Crippen LogP contribution in [-0.2, 0) is 0 Å². The molecule has 2 aromatic carbocycles. The van der Waals surface area contributed by atoms with Crippen molar-refractivity contribution in [3.8, 4) is 11.1 Å². The highest BCUT2D eigenvalue weighted by molar-refractivity contribution is 14.1. The predicted octanol–water partition coefficient (Wildman–Crippen LogP) is 2.92. The summed E-state index contributed by atoms with van der Waals surface area (Å²) in [6.45, 7) is 2.26. The zero-order chi connectivity index (χ0) is 16.4. The molecule has 0 amide bonds. The van der Waals surface area contributed by atoms with Crippen LogP contribution in [0, 0.1) is 6.92 Å². The first-order valence-electron chi connectivity index (χ1n) is 8.87. The van der Waals surface area contributed by atoms with Gasteiger partial charge in [-0.2, -0.15) is 0 Å². The van der Waals surface area contributed by atoms with E-state index in [1.54, 1.807) is 0 Å².